The van der Waals surface area contributed by atoms with Gasteiger partial charge in [-0.3, -0.25) is 0 Å². The SMILES string of the molecule is CC(C)c1cccc(C2C=CC(C(F)(F)F)=CC2)c1C(C)C. The summed E-state index contributed by atoms with van der Waals surface area (Å²) in [6, 6.07) is 6.21. The zero-order valence-corrected chi connectivity index (χ0v) is 13.5. The van der Waals surface area contributed by atoms with Crippen LogP contribution in [0.15, 0.2) is 42.0 Å². The molecular formula is C19H23F3. The highest BCUT2D eigenvalue weighted by atomic mass is 19.4. The lowest BCUT2D eigenvalue weighted by Crippen LogP contribution is -2.14. The minimum absolute atomic E-state index is 0.0298. The van der Waals surface area contributed by atoms with Gasteiger partial charge < -0.3 is 0 Å². The van der Waals surface area contributed by atoms with E-state index in [0.717, 1.165) is 5.56 Å². The second-order valence-electron chi connectivity index (χ2n) is 6.52. The first kappa shape index (κ1) is 16.9. The molecule has 0 saturated carbocycles. The first-order chi connectivity index (χ1) is 10.2. The number of alkyl halides is 3. The van der Waals surface area contributed by atoms with E-state index in [9.17, 15) is 13.2 Å². The Morgan fingerprint density at radius 2 is 1.73 bits per heavy atom. The van der Waals surface area contributed by atoms with Gasteiger partial charge in [0.15, 0.2) is 0 Å². The Bertz CT molecular complexity index is 589. The molecule has 120 valence electrons. The fraction of sp³-hybridized carbons (Fsp3) is 0.474. The summed E-state index contributed by atoms with van der Waals surface area (Å²) in [5.74, 6) is 0.795. The van der Waals surface area contributed by atoms with Gasteiger partial charge in [-0.05, 0) is 34.9 Å². The third-order valence-electron chi connectivity index (χ3n) is 4.20. The highest BCUT2D eigenvalue weighted by molar-refractivity contribution is 5.45. The van der Waals surface area contributed by atoms with E-state index >= 15 is 0 Å². The highest BCUT2D eigenvalue weighted by Crippen LogP contribution is 2.39. The predicted octanol–water partition coefficient (Wildman–Crippen LogP) is 6.47. The largest absolute Gasteiger partial charge is 0.416 e. The molecule has 1 aromatic rings. The molecule has 0 amide bonds. The molecule has 2 rings (SSSR count). The zero-order valence-electron chi connectivity index (χ0n) is 13.5. The Hall–Kier alpha value is -1.51. The molecule has 0 radical (unpaired) electrons. The van der Waals surface area contributed by atoms with Crippen LogP contribution in [0.3, 0.4) is 0 Å². The molecule has 0 spiro atoms. The predicted molar refractivity (Wildman–Crippen MR) is 85.3 cm³/mol. The number of rotatable bonds is 3. The maximum absolute atomic E-state index is 12.7. The van der Waals surface area contributed by atoms with Gasteiger partial charge in [0.1, 0.15) is 0 Å². The lowest BCUT2D eigenvalue weighted by atomic mass is 9.80. The summed E-state index contributed by atoms with van der Waals surface area (Å²) < 4.78 is 38.2. The van der Waals surface area contributed by atoms with Crippen LogP contribution in [0.25, 0.3) is 0 Å². The Kier molecular flexibility index (Phi) is 4.84. The van der Waals surface area contributed by atoms with E-state index in [1.54, 1.807) is 6.08 Å². The van der Waals surface area contributed by atoms with Crippen molar-refractivity contribution in [2.24, 2.45) is 0 Å². The minimum Gasteiger partial charge on any atom is -0.166 e. The van der Waals surface area contributed by atoms with Crippen LogP contribution in [0.4, 0.5) is 13.2 Å². The van der Waals surface area contributed by atoms with Crippen molar-refractivity contribution in [2.45, 2.75) is 58.0 Å². The number of allylic oxidation sites excluding steroid dienone is 4. The smallest absolute Gasteiger partial charge is 0.166 e. The molecule has 0 aliphatic heterocycles. The molecule has 0 saturated heterocycles. The maximum Gasteiger partial charge on any atom is 0.416 e. The third-order valence-corrected chi connectivity index (χ3v) is 4.20. The van der Waals surface area contributed by atoms with Gasteiger partial charge in [0, 0.05) is 5.92 Å². The van der Waals surface area contributed by atoms with Crippen molar-refractivity contribution in [3.05, 3.63) is 58.7 Å². The second-order valence-corrected chi connectivity index (χ2v) is 6.52. The molecule has 1 unspecified atom stereocenters. The first-order valence-electron chi connectivity index (χ1n) is 7.80. The quantitative estimate of drug-likeness (QED) is 0.600. The summed E-state index contributed by atoms with van der Waals surface area (Å²) in [6.45, 7) is 8.61. The molecular weight excluding hydrogens is 285 g/mol. The van der Waals surface area contributed by atoms with Gasteiger partial charge in [-0.15, -0.1) is 0 Å². The van der Waals surface area contributed by atoms with Crippen LogP contribution in [0.1, 0.15) is 68.6 Å². The van der Waals surface area contributed by atoms with E-state index in [0.29, 0.717) is 18.3 Å². The van der Waals surface area contributed by atoms with Crippen LogP contribution < -0.4 is 0 Å². The summed E-state index contributed by atoms with van der Waals surface area (Å²) in [5.41, 5.74) is 3.22. The van der Waals surface area contributed by atoms with Crippen molar-refractivity contribution in [1.82, 2.24) is 0 Å². The lowest BCUT2D eigenvalue weighted by Gasteiger charge is -2.25. The lowest BCUT2D eigenvalue weighted by molar-refractivity contribution is -0.0886. The normalized spacial score (nSPS) is 19.0. The van der Waals surface area contributed by atoms with Crippen LogP contribution >= 0.6 is 0 Å². The topological polar surface area (TPSA) is 0 Å². The molecule has 1 aliphatic carbocycles. The number of benzene rings is 1. The molecule has 3 heteroatoms. The Labute approximate surface area is 130 Å². The average Bonchev–Trinajstić information content (AvgIpc) is 2.45. The van der Waals surface area contributed by atoms with Gasteiger partial charge in [-0.25, -0.2) is 0 Å². The molecule has 0 fully saturated rings. The number of halogens is 3. The minimum atomic E-state index is -4.25. The molecule has 0 heterocycles. The van der Waals surface area contributed by atoms with Gasteiger partial charge in [0.05, 0.1) is 5.57 Å². The highest BCUT2D eigenvalue weighted by Gasteiger charge is 2.33. The van der Waals surface area contributed by atoms with Crippen molar-refractivity contribution < 1.29 is 13.2 Å². The van der Waals surface area contributed by atoms with Gasteiger partial charge in [0.25, 0.3) is 0 Å². The van der Waals surface area contributed by atoms with E-state index < -0.39 is 11.7 Å². The van der Waals surface area contributed by atoms with Crippen molar-refractivity contribution >= 4 is 0 Å². The first-order valence-corrected chi connectivity index (χ1v) is 7.80. The van der Waals surface area contributed by atoms with Crippen LogP contribution in [-0.4, -0.2) is 6.18 Å². The molecule has 1 atom stereocenters. The van der Waals surface area contributed by atoms with E-state index in [1.807, 2.05) is 6.07 Å². The van der Waals surface area contributed by atoms with E-state index in [4.69, 9.17) is 0 Å². The Morgan fingerprint density at radius 1 is 1.05 bits per heavy atom. The Balaban J connectivity index is 2.38. The van der Waals surface area contributed by atoms with E-state index in [1.165, 1.54) is 23.3 Å². The zero-order chi connectivity index (χ0) is 16.5. The third kappa shape index (κ3) is 3.45. The monoisotopic (exact) mass is 308 g/mol. The summed E-state index contributed by atoms with van der Waals surface area (Å²) in [7, 11) is 0. The number of hydrogen-bond acceptors (Lipinski definition) is 0. The summed E-state index contributed by atoms with van der Waals surface area (Å²) in [4.78, 5) is 0. The molecule has 1 aliphatic rings. The van der Waals surface area contributed by atoms with Crippen molar-refractivity contribution in [3.8, 4) is 0 Å². The van der Waals surface area contributed by atoms with E-state index in [2.05, 4.69) is 39.8 Å². The van der Waals surface area contributed by atoms with Crippen LogP contribution in [-0.2, 0) is 0 Å². The summed E-state index contributed by atoms with van der Waals surface area (Å²) >= 11 is 0. The molecule has 0 aromatic heterocycles. The standard InChI is InChI=1S/C19H23F3/c1-12(2)16-6-5-7-17(18(16)13(3)4)14-8-10-15(11-9-14)19(20,21)22/h5-8,10-14H,9H2,1-4H3. The molecule has 1 aromatic carbocycles. The van der Waals surface area contributed by atoms with Crippen LogP contribution in [0, 0.1) is 0 Å². The van der Waals surface area contributed by atoms with Gasteiger partial charge in [-0.1, -0.05) is 64.1 Å². The summed E-state index contributed by atoms with van der Waals surface area (Å²) in [5, 5.41) is 0. The van der Waals surface area contributed by atoms with E-state index in [-0.39, 0.29) is 5.92 Å². The molecule has 0 nitrogen and oxygen atoms in total. The van der Waals surface area contributed by atoms with Gasteiger partial charge >= 0.3 is 6.18 Å². The second kappa shape index (κ2) is 6.31. The molecule has 0 N–H and O–H groups in total. The van der Waals surface area contributed by atoms with Gasteiger partial charge in [0.2, 0.25) is 0 Å². The summed E-state index contributed by atoms with van der Waals surface area (Å²) in [6.07, 6.45) is 0.403. The van der Waals surface area contributed by atoms with Crippen molar-refractivity contribution in [1.29, 1.82) is 0 Å². The van der Waals surface area contributed by atoms with Crippen molar-refractivity contribution in [2.75, 3.05) is 0 Å². The fourth-order valence-electron chi connectivity index (χ4n) is 3.16. The van der Waals surface area contributed by atoms with Gasteiger partial charge in [-0.2, -0.15) is 13.2 Å². The molecule has 22 heavy (non-hydrogen) atoms. The average molecular weight is 308 g/mol. The van der Waals surface area contributed by atoms with Crippen molar-refractivity contribution in [3.63, 3.8) is 0 Å². The van der Waals surface area contributed by atoms with Crippen LogP contribution in [0.5, 0.6) is 0 Å². The number of hydrogen-bond donors (Lipinski definition) is 0. The fourth-order valence-corrected chi connectivity index (χ4v) is 3.16. The van der Waals surface area contributed by atoms with Crippen LogP contribution in [0.2, 0.25) is 0 Å². The maximum atomic E-state index is 12.7. The Morgan fingerprint density at radius 3 is 2.18 bits per heavy atom. The molecule has 0 bridgehead atoms.